The number of hydrogen-bond donors (Lipinski definition) is 0. The number of hydrogen-bond acceptors (Lipinski definition) is 7. The number of anilines is 1. The summed E-state index contributed by atoms with van der Waals surface area (Å²) in [5, 5.41) is 0.969. The standard InChI is InChI=1S/C22H30N4O4/c1-24(2)7-8-26(22(27)18-6-5-9-28-18)13-16-10-15-11-19-20(30-14-29-19)12-17(15)23-21(16)25(3)4/h10-12,18H,5-9,13-14H2,1-4H3. The summed E-state index contributed by atoms with van der Waals surface area (Å²) in [7, 11) is 7.97. The van der Waals surface area contributed by atoms with Gasteiger partial charge in [-0.15, -0.1) is 0 Å². The van der Waals surface area contributed by atoms with Crippen molar-refractivity contribution in [1.29, 1.82) is 0 Å². The van der Waals surface area contributed by atoms with Gasteiger partial charge in [-0.1, -0.05) is 0 Å². The Labute approximate surface area is 177 Å². The number of fused-ring (bicyclic) bond motifs is 2. The quantitative estimate of drug-likeness (QED) is 0.687. The van der Waals surface area contributed by atoms with Crippen LogP contribution < -0.4 is 14.4 Å². The molecule has 0 N–H and O–H groups in total. The molecular formula is C22H30N4O4. The van der Waals surface area contributed by atoms with Gasteiger partial charge < -0.3 is 28.9 Å². The van der Waals surface area contributed by atoms with Crippen molar-refractivity contribution in [1.82, 2.24) is 14.8 Å². The van der Waals surface area contributed by atoms with E-state index in [2.05, 4.69) is 11.0 Å². The Balaban J connectivity index is 1.68. The van der Waals surface area contributed by atoms with Crippen molar-refractivity contribution in [3.63, 3.8) is 0 Å². The molecule has 8 nitrogen and oxygen atoms in total. The van der Waals surface area contributed by atoms with Crippen molar-refractivity contribution in [3.8, 4) is 11.5 Å². The van der Waals surface area contributed by atoms with Gasteiger partial charge in [0, 0.05) is 57.4 Å². The fourth-order valence-corrected chi connectivity index (χ4v) is 3.87. The zero-order valence-corrected chi connectivity index (χ0v) is 18.2. The first-order valence-corrected chi connectivity index (χ1v) is 10.4. The van der Waals surface area contributed by atoms with Gasteiger partial charge in [-0.05, 0) is 39.1 Å². The molecule has 2 aliphatic rings. The van der Waals surface area contributed by atoms with E-state index in [0.29, 0.717) is 25.4 Å². The van der Waals surface area contributed by atoms with Crippen LogP contribution in [0.25, 0.3) is 10.9 Å². The third kappa shape index (κ3) is 4.29. The Hall–Kier alpha value is -2.58. The van der Waals surface area contributed by atoms with Gasteiger partial charge in [0.1, 0.15) is 11.9 Å². The summed E-state index contributed by atoms with van der Waals surface area (Å²) in [6.07, 6.45) is 1.39. The van der Waals surface area contributed by atoms with Crippen LogP contribution in [0.5, 0.6) is 11.5 Å². The third-order valence-corrected chi connectivity index (χ3v) is 5.48. The fourth-order valence-electron chi connectivity index (χ4n) is 3.87. The van der Waals surface area contributed by atoms with E-state index in [0.717, 1.165) is 47.4 Å². The smallest absolute Gasteiger partial charge is 0.252 e. The number of benzene rings is 1. The molecule has 0 saturated carbocycles. The average molecular weight is 415 g/mol. The van der Waals surface area contributed by atoms with Gasteiger partial charge in [-0.2, -0.15) is 0 Å². The Morgan fingerprint density at radius 2 is 1.87 bits per heavy atom. The minimum Gasteiger partial charge on any atom is -0.454 e. The van der Waals surface area contributed by atoms with E-state index in [1.54, 1.807) is 0 Å². The molecule has 1 fully saturated rings. The molecule has 4 rings (SSSR count). The SMILES string of the molecule is CN(C)CCN(Cc1cc2cc3c(cc2nc1N(C)C)OCO3)C(=O)C1CCCO1. The number of ether oxygens (including phenoxy) is 3. The minimum absolute atomic E-state index is 0.0600. The number of aromatic nitrogens is 1. The predicted octanol–water partition coefficient (Wildman–Crippen LogP) is 2.10. The van der Waals surface area contributed by atoms with Crippen LogP contribution in [0.4, 0.5) is 5.82 Å². The Morgan fingerprint density at radius 3 is 2.53 bits per heavy atom. The van der Waals surface area contributed by atoms with Gasteiger partial charge in [-0.3, -0.25) is 4.79 Å². The van der Waals surface area contributed by atoms with Crippen molar-refractivity contribution in [2.45, 2.75) is 25.5 Å². The van der Waals surface area contributed by atoms with Crippen molar-refractivity contribution in [2.75, 3.05) is 59.6 Å². The van der Waals surface area contributed by atoms with E-state index < -0.39 is 0 Å². The lowest BCUT2D eigenvalue weighted by Crippen LogP contribution is -2.42. The summed E-state index contributed by atoms with van der Waals surface area (Å²) in [5.74, 6) is 2.35. The maximum Gasteiger partial charge on any atom is 0.252 e. The van der Waals surface area contributed by atoms with Crippen LogP contribution in [-0.2, 0) is 16.1 Å². The molecular weight excluding hydrogens is 384 g/mol. The molecule has 2 aromatic rings. The highest BCUT2D eigenvalue weighted by molar-refractivity contribution is 5.86. The lowest BCUT2D eigenvalue weighted by Gasteiger charge is -2.28. The Kier molecular flexibility index (Phi) is 5.97. The van der Waals surface area contributed by atoms with Crippen molar-refractivity contribution in [2.24, 2.45) is 0 Å². The van der Waals surface area contributed by atoms with Gasteiger partial charge >= 0.3 is 0 Å². The molecule has 0 spiro atoms. The minimum atomic E-state index is -0.336. The zero-order valence-electron chi connectivity index (χ0n) is 18.2. The summed E-state index contributed by atoms with van der Waals surface area (Å²) in [6.45, 7) is 2.80. The normalized spacial score (nSPS) is 17.7. The van der Waals surface area contributed by atoms with Crippen LogP contribution in [0.1, 0.15) is 18.4 Å². The molecule has 3 heterocycles. The molecule has 8 heteroatoms. The van der Waals surface area contributed by atoms with Gasteiger partial charge in [0.05, 0.1) is 5.52 Å². The Bertz CT molecular complexity index is 925. The van der Waals surface area contributed by atoms with E-state index in [-0.39, 0.29) is 18.8 Å². The largest absolute Gasteiger partial charge is 0.454 e. The summed E-state index contributed by atoms with van der Waals surface area (Å²) < 4.78 is 16.7. The maximum atomic E-state index is 13.2. The van der Waals surface area contributed by atoms with Crippen molar-refractivity contribution >= 4 is 22.6 Å². The second-order valence-corrected chi connectivity index (χ2v) is 8.33. The van der Waals surface area contributed by atoms with Gasteiger partial charge in [0.2, 0.25) is 6.79 Å². The molecule has 1 aromatic heterocycles. The number of carbonyl (C=O) groups excluding carboxylic acids is 1. The second-order valence-electron chi connectivity index (χ2n) is 8.33. The summed E-state index contributed by atoms with van der Waals surface area (Å²) in [5.41, 5.74) is 1.84. The zero-order chi connectivity index (χ0) is 21.3. The van der Waals surface area contributed by atoms with E-state index >= 15 is 0 Å². The van der Waals surface area contributed by atoms with Gasteiger partial charge in [-0.25, -0.2) is 4.98 Å². The molecule has 162 valence electrons. The average Bonchev–Trinajstić information content (AvgIpc) is 3.39. The molecule has 1 amide bonds. The van der Waals surface area contributed by atoms with Crippen LogP contribution in [0.3, 0.4) is 0 Å². The molecule has 0 radical (unpaired) electrons. The topological polar surface area (TPSA) is 67.4 Å². The maximum absolute atomic E-state index is 13.2. The van der Waals surface area contributed by atoms with E-state index in [1.165, 1.54) is 0 Å². The van der Waals surface area contributed by atoms with Gasteiger partial charge in [0.15, 0.2) is 11.5 Å². The van der Waals surface area contributed by atoms with Gasteiger partial charge in [0.25, 0.3) is 5.91 Å². The van der Waals surface area contributed by atoms with E-state index in [1.807, 2.05) is 50.1 Å². The van der Waals surface area contributed by atoms with Crippen molar-refractivity contribution < 1.29 is 19.0 Å². The molecule has 0 bridgehead atoms. The molecule has 1 saturated heterocycles. The first-order valence-electron chi connectivity index (χ1n) is 10.4. The molecule has 2 aliphatic heterocycles. The summed E-state index contributed by atoms with van der Waals surface area (Å²) in [6, 6.07) is 5.97. The van der Waals surface area contributed by atoms with Crippen LogP contribution >= 0.6 is 0 Å². The monoisotopic (exact) mass is 414 g/mol. The highest BCUT2D eigenvalue weighted by Gasteiger charge is 2.29. The molecule has 1 atom stereocenters. The van der Waals surface area contributed by atoms with Crippen LogP contribution in [0, 0.1) is 0 Å². The third-order valence-electron chi connectivity index (χ3n) is 5.48. The first-order chi connectivity index (χ1) is 14.4. The summed E-state index contributed by atoms with van der Waals surface area (Å²) in [4.78, 5) is 24.0. The number of likely N-dealkylation sites (N-methyl/N-ethyl adjacent to an activating group) is 1. The summed E-state index contributed by atoms with van der Waals surface area (Å²) >= 11 is 0. The number of carbonyl (C=O) groups is 1. The lowest BCUT2D eigenvalue weighted by molar-refractivity contribution is -0.141. The highest BCUT2D eigenvalue weighted by Crippen LogP contribution is 2.37. The Morgan fingerprint density at radius 1 is 1.10 bits per heavy atom. The van der Waals surface area contributed by atoms with Crippen LogP contribution in [0.15, 0.2) is 18.2 Å². The predicted molar refractivity (Wildman–Crippen MR) is 115 cm³/mol. The lowest BCUT2D eigenvalue weighted by atomic mass is 10.1. The highest BCUT2D eigenvalue weighted by atomic mass is 16.7. The second kappa shape index (κ2) is 8.65. The molecule has 1 unspecified atom stereocenters. The number of nitrogens with zero attached hydrogens (tertiary/aromatic N) is 4. The number of pyridine rings is 1. The molecule has 1 aromatic carbocycles. The van der Waals surface area contributed by atoms with E-state index in [4.69, 9.17) is 19.2 Å². The van der Waals surface area contributed by atoms with Crippen molar-refractivity contribution in [3.05, 3.63) is 23.8 Å². The van der Waals surface area contributed by atoms with Crippen LogP contribution in [-0.4, -0.2) is 81.5 Å². The molecule has 30 heavy (non-hydrogen) atoms. The fraction of sp³-hybridized carbons (Fsp3) is 0.545. The first kappa shape index (κ1) is 20.7. The number of rotatable bonds is 7. The van der Waals surface area contributed by atoms with Crippen LogP contribution in [0.2, 0.25) is 0 Å². The van der Waals surface area contributed by atoms with E-state index in [9.17, 15) is 4.79 Å². The number of amides is 1. The molecule has 0 aliphatic carbocycles.